The molecule has 0 bridgehead atoms. The van der Waals surface area contributed by atoms with E-state index >= 15 is 0 Å². The van der Waals surface area contributed by atoms with Gasteiger partial charge in [0.15, 0.2) is 0 Å². The van der Waals surface area contributed by atoms with Crippen LogP contribution in [0.4, 0.5) is 10.1 Å². The molecule has 0 fully saturated rings. The van der Waals surface area contributed by atoms with Crippen LogP contribution >= 0.6 is 0 Å². The maximum atomic E-state index is 14.4. The molecule has 0 aliphatic heterocycles. The molecule has 0 saturated carbocycles. The first-order chi connectivity index (χ1) is 21.0. The van der Waals surface area contributed by atoms with Crippen LogP contribution in [0.1, 0.15) is 36.1 Å². The van der Waals surface area contributed by atoms with Crippen LogP contribution in [-0.2, 0) is 32.6 Å². The van der Waals surface area contributed by atoms with Crippen molar-refractivity contribution in [3.63, 3.8) is 0 Å². The Labute approximate surface area is 259 Å². The average Bonchev–Trinajstić information content (AvgIpc) is 2.99. The third-order valence-corrected chi connectivity index (χ3v) is 9.09. The number of carbonyl (C=O) groups excluding carboxylic acids is 2. The van der Waals surface area contributed by atoms with E-state index in [2.05, 4.69) is 5.32 Å². The highest BCUT2D eigenvalue weighted by molar-refractivity contribution is 7.92. The van der Waals surface area contributed by atoms with Gasteiger partial charge in [-0.3, -0.25) is 13.9 Å². The topological polar surface area (TPSA) is 86.8 Å². The number of sulfonamides is 1. The van der Waals surface area contributed by atoms with Crippen LogP contribution in [0.15, 0.2) is 108 Å². The Bertz CT molecular complexity index is 1680. The van der Waals surface area contributed by atoms with Gasteiger partial charge in [-0.15, -0.1) is 0 Å². The van der Waals surface area contributed by atoms with Gasteiger partial charge in [-0.05, 0) is 80.8 Å². The van der Waals surface area contributed by atoms with E-state index in [-0.39, 0.29) is 35.5 Å². The molecular weight excluding hydrogens is 577 g/mol. The average molecular weight is 616 g/mol. The molecule has 1 N–H and O–H groups in total. The fourth-order valence-corrected chi connectivity index (χ4v) is 6.29. The van der Waals surface area contributed by atoms with Gasteiger partial charge in [0.2, 0.25) is 11.8 Å². The molecule has 1 atom stereocenters. The molecule has 0 aromatic heterocycles. The molecule has 0 saturated heterocycles. The number of nitrogens with zero attached hydrogens (tertiary/aromatic N) is 2. The van der Waals surface area contributed by atoms with Crippen molar-refractivity contribution >= 4 is 27.5 Å². The maximum Gasteiger partial charge on any atom is 0.264 e. The smallest absolute Gasteiger partial charge is 0.264 e. The lowest BCUT2D eigenvalue weighted by molar-refractivity contribution is -0.140. The van der Waals surface area contributed by atoms with E-state index in [0.29, 0.717) is 0 Å². The fourth-order valence-electron chi connectivity index (χ4n) is 4.88. The summed E-state index contributed by atoms with van der Waals surface area (Å²) in [6.45, 7) is 7.01. The first-order valence-corrected chi connectivity index (χ1v) is 15.9. The van der Waals surface area contributed by atoms with Crippen molar-refractivity contribution < 1.29 is 22.4 Å². The van der Waals surface area contributed by atoms with E-state index < -0.39 is 34.3 Å². The van der Waals surface area contributed by atoms with Gasteiger partial charge in [-0.25, -0.2) is 12.8 Å². The number of halogens is 1. The number of anilines is 1. The van der Waals surface area contributed by atoms with Crippen LogP contribution in [0.5, 0.6) is 0 Å². The van der Waals surface area contributed by atoms with Crippen molar-refractivity contribution in [3.05, 3.63) is 131 Å². The minimum Gasteiger partial charge on any atom is -0.352 e. The lowest BCUT2D eigenvalue weighted by Crippen LogP contribution is -2.54. The Kier molecular flexibility index (Phi) is 10.5. The molecule has 4 aromatic carbocycles. The normalized spacial score (nSPS) is 12.0. The van der Waals surface area contributed by atoms with Crippen LogP contribution in [0.25, 0.3) is 0 Å². The summed E-state index contributed by atoms with van der Waals surface area (Å²) in [4.78, 5) is 29.5. The van der Waals surface area contributed by atoms with Gasteiger partial charge < -0.3 is 10.2 Å². The van der Waals surface area contributed by atoms with Crippen LogP contribution in [0.3, 0.4) is 0 Å². The van der Waals surface area contributed by atoms with Gasteiger partial charge in [-0.2, -0.15) is 0 Å². The quantitative estimate of drug-likeness (QED) is 0.218. The highest BCUT2D eigenvalue weighted by Crippen LogP contribution is 2.26. The zero-order valence-corrected chi connectivity index (χ0v) is 26.2. The first-order valence-electron chi connectivity index (χ1n) is 14.5. The summed E-state index contributed by atoms with van der Waals surface area (Å²) in [5.41, 5.74) is 3.80. The Morgan fingerprint density at radius 1 is 0.818 bits per heavy atom. The predicted molar refractivity (Wildman–Crippen MR) is 171 cm³/mol. The summed E-state index contributed by atoms with van der Waals surface area (Å²) in [5, 5.41) is 2.95. The lowest BCUT2D eigenvalue weighted by Gasteiger charge is -2.34. The van der Waals surface area contributed by atoms with Crippen LogP contribution in [-0.4, -0.2) is 43.8 Å². The van der Waals surface area contributed by atoms with Gasteiger partial charge >= 0.3 is 0 Å². The van der Waals surface area contributed by atoms with Gasteiger partial charge in [0.05, 0.1) is 10.6 Å². The van der Waals surface area contributed by atoms with Crippen molar-refractivity contribution in [1.29, 1.82) is 0 Å². The maximum absolute atomic E-state index is 14.4. The molecule has 230 valence electrons. The monoisotopic (exact) mass is 615 g/mol. The molecule has 2 amide bonds. The third kappa shape index (κ3) is 8.11. The third-order valence-electron chi connectivity index (χ3n) is 7.31. The second kappa shape index (κ2) is 14.3. The van der Waals surface area contributed by atoms with Crippen molar-refractivity contribution in [3.8, 4) is 0 Å². The number of carbonyl (C=O) groups is 2. The number of hydrogen-bond acceptors (Lipinski definition) is 4. The molecule has 0 heterocycles. The molecule has 4 rings (SSSR count). The van der Waals surface area contributed by atoms with Crippen LogP contribution < -0.4 is 9.62 Å². The summed E-state index contributed by atoms with van der Waals surface area (Å²) in [6.07, 6.45) is 0.228. The van der Waals surface area contributed by atoms with Crippen molar-refractivity contribution in [2.24, 2.45) is 0 Å². The number of nitrogens with one attached hydrogen (secondary N) is 1. The summed E-state index contributed by atoms with van der Waals surface area (Å²) in [5.74, 6) is -1.47. The molecule has 44 heavy (non-hydrogen) atoms. The number of hydrogen-bond donors (Lipinski definition) is 1. The van der Waals surface area contributed by atoms with Gasteiger partial charge in [0.25, 0.3) is 10.0 Å². The fraction of sp³-hybridized carbons (Fsp3) is 0.257. The highest BCUT2D eigenvalue weighted by Gasteiger charge is 2.35. The number of aryl methyl sites for hydroxylation is 2. The highest BCUT2D eigenvalue weighted by atomic mass is 32.2. The standard InChI is InChI=1S/C35H38FN3O4S/c1-25(2)37-35(41)33(22-28-11-6-5-7-12-28)38(23-29-13-9-8-10-27(29)4)34(40)24-39(31-18-14-26(3)15-19-31)44(42,43)32-20-16-30(36)17-21-32/h5-21,25,33H,22-24H2,1-4H3,(H,37,41)/t33-/m1/s1. The summed E-state index contributed by atoms with van der Waals surface area (Å²) in [6, 6.07) is 27.1. The zero-order chi connectivity index (χ0) is 31.9. The Hall–Kier alpha value is -4.50. The second-order valence-electron chi connectivity index (χ2n) is 11.1. The largest absolute Gasteiger partial charge is 0.352 e. The molecule has 0 spiro atoms. The van der Waals surface area contributed by atoms with E-state index in [9.17, 15) is 22.4 Å². The van der Waals surface area contributed by atoms with E-state index in [1.54, 1.807) is 24.3 Å². The van der Waals surface area contributed by atoms with Crippen molar-refractivity contribution in [2.75, 3.05) is 10.8 Å². The number of benzene rings is 4. The molecular formula is C35H38FN3O4S. The van der Waals surface area contributed by atoms with Gasteiger partial charge in [0.1, 0.15) is 18.4 Å². The van der Waals surface area contributed by atoms with Crippen LogP contribution in [0.2, 0.25) is 0 Å². The molecule has 7 nitrogen and oxygen atoms in total. The SMILES string of the molecule is Cc1ccc(N(CC(=O)N(Cc2ccccc2C)[C@H](Cc2ccccc2)C(=O)NC(C)C)S(=O)(=O)c2ccc(F)cc2)cc1. The summed E-state index contributed by atoms with van der Waals surface area (Å²) < 4.78 is 42.7. The van der Waals surface area contributed by atoms with E-state index in [4.69, 9.17) is 0 Å². The van der Waals surface area contributed by atoms with Crippen molar-refractivity contribution in [1.82, 2.24) is 10.2 Å². The number of rotatable bonds is 12. The predicted octanol–water partition coefficient (Wildman–Crippen LogP) is 5.80. The van der Waals surface area contributed by atoms with E-state index in [1.165, 1.54) is 17.0 Å². The first kappa shape index (κ1) is 32.4. The molecule has 4 aromatic rings. The Morgan fingerprint density at radius 3 is 2.05 bits per heavy atom. The van der Waals surface area contributed by atoms with Crippen LogP contribution in [0, 0.1) is 19.7 Å². The minimum absolute atomic E-state index is 0.0901. The zero-order valence-electron chi connectivity index (χ0n) is 25.4. The van der Waals surface area contributed by atoms with E-state index in [1.807, 2.05) is 82.3 Å². The minimum atomic E-state index is -4.30. The second-order valence-corrected chi connectivity index (χ2v) is 13.0. The molecule has 0 unspecified atom stereocenters. The molecule has 0 radical (unpaired) electrons. The van der Waals surface area contributed by atoms with E-state index in [0.717, 1.165) is 38.7 Å². The Morgan fingerprint density at radius 2 is 1.43 bits per heavy atom. The molecule has 9 heteroatoms. The van der Waals surface area contributed by atoms with Gasteiger partial charge in [0, 0.05) is 19.0 Å². The van der Waals surface area contributed by atoms with Gasteiger partial charge in [-0.1, -0.05) is 72.3 Å². The number of amides is 2. The Balaban J connectivity index is 1.81. The molecule has 0 aliphatic carbocycles. The summed E-state index contributed by atoms with van der Waals surface area (Å²) in [7, 11) is -4.30. The van der Waals surface area contributed by atoms with Crippen molar-refractivity contribution in [2.45, 2.75) is 57.6 Å². The molecule has 0 aliphatic rings. The summed E-state index contributed by atoms with van der Waals surface area (Å²) >= 11 is 0. The lowest BCUT2D eigenvalue weighted by atomic mass is 10.0.